The van der Waals surface area contributed by atoms with Crippen molar-refractivity contribution in [3.8, 4) is 44.8 Å². The van der Waals surface area contributed by atoms with Crippen molar-refractivity contribution in [3.63, 3.8) is 0 Å². The van der Waals surface area contributed by atoms with E-state index in [0.717, 1.165) is 107 Å². The number of hydrogen-bond donors (Lipinski definition) is 2. The normalized spacial score (nSPS) is 12.0. The van der Waals surface area contributed by atoms with E-state index in [2.05, 4.69) is 164 Å². The van der Waals surface area contributed by atoms with Crippen LogP contribution in [-0.4, -0.2) is 34.1 Å². The third kappa shape index (κ3) is 7.27. The monoisotopic (exact) mass is 815 g/mol. The van der Waals surface area contributed by atoms with Crippen LogP contribution in [0.15, 0.2) is 149 Å². The first kappa shape index (κ1) is 38.4. The SMILES string of the molecule is Cc1ccc2nc(-c3ccc(-c4c(Cc5cccc([C@H](C)Nc6c(-c7ccc(-c8c(C)noc8C)cc7)nc7cnccn67)c5)noc4C)cc3)c(NCc3ccccc3)n2c1. The lowest BCUT2D eigenvalue weighted by Crippen LogP contribution is -2.10. The summed E-state index contributed by atoms with van der Waals surface area (Å²) in [5.41, 5.74) is 15.9. The topological polar surface area (TPSA) is 124 Å². The number of aromatic nitrogens is 7. The molecule has 6 heterocycles. The molecule has 0 aliphatic rings. The molecule has 10 aromatic rings. The number of rotatable bonds is 12. The molecule has 0 spiro atoms. The Morgan fingerprint density at radius 1 is 0.629 bits per heavy atom. The van der Waals surface area contributed by atoms with Gasteiger partial charge in [-0.15, -0.1) is 0 Å². The van der Waals surface area contributed by atoms with Crippen molar-refractivity contribution >= 4 is 22.9 Å². The molecule has 0 fully saturated rings. The summed E-state index contributed by atoms with van der Waals surface area (Å²) in [6.45, 7) is 10.8. The zero-order valence-electron chi connectivity index (χ0n) is 35.2. The molecule has 0 radical (unpaired) electrons. The van der Waals surface area contributed by atoms with Gasteiger partial charge in [0.2, 0.25) is 0 Å². The molecule has 0 aliphatic heterocycles. The summed E-state index contributed by atoms with van der Waals surface area (Å²) in [7, 11) is 0. The number of anilines is 2. The van der Waals surface area contributed by atoms with Gasteiger partial charge in [-0.05, 0) is 74.1 Å². The zero-order valence-corrected chi connectivity index (χ0v) is 35.2. The highest BCUT2D eigenvalue weighted by Crippen LogP contribution is 2.36. The van der Waals surface area contributed by atoms with E-state index in [1.54, 1.807) is 12.4 Å². The molecule has 11 heteroatoms. The maximum atomic E-state index is 5.85. The number of nitrogens with one attached hydrogen (secondary N) is 2. The van der Waals surface area contributed by atoms with Crippen LogP contribution in [-0.2, 0) is 13.0 Å². The fourth-order valence-electron chi connectivity index (χ4n) is 8.40. The van der Waals surface area contributed by atoms with E-state index < -0.39 is 0 Å². The quantitative estimate of drug-likeness (QED) is 0.124. The Balaban J connectivity index is 0.900. The van der Waals surface area contributed by atoms with Gasteiger partial charge >= 0.3 is 0 Å². The third-order valence-electron chi connectivity index (χ3n) is 11.5. The number of pyridine rings is 1. The number of nitrogens with zero attached hydrogens (tertiary/aromatic N) is 7. The van der Waals surface area contributed by atoms with Crippen molar-refractivity contribution < 1.29 is 9.05 Å². The molecule has 6 aromatic heterocycles. The van der Waals surface area contributed by atoms with E-state index in [4.69, 9.17) is 19.0 Å². The van der Waals surface area contributed by atoms with Gasteiger partial charge in [0, 0.05) is 59.9 Å². The number of imidazole rings is 2. The molecule has 11 nitrogen and oxygen atoms in total. The average molecular weight is 816 g/mol. The van der Waals surface area contributed by atoms with E-state index in [1.807, 2.05) is 33.0 Å². The summed E-state index contributed by atoms with van der Waals surface area (Å²) in [4.78, 5) is 14.4. The van der Waals surface area contributed by atoms with Crippen molar-refractivity contribution in [2.45, 2.75) is 53.6 Å². The van der Waals surface area contributed by atoms with Crippen molar-refractivity contribution in [3.05, 3.63) is 185 Å². The van der Waals surface area contributed by atoms with Crippen LogP contribution in [0.25, 0.3) is 56.1 Å². The molecule has 62 heavy (non-hydrogen) atoms. The Hall–Kier alpha value is -7.79. The zero-order chi connectivity index (χ0) is 42.3. The molecule has 0 saturated heterocycles. The molecule has 0 aliphatic carbocycles. The Labute approximate surface area is 359 Å². The van der Waals surface area contributed by atoms with Crippen LogP contribution in [0.4, 0.5) is 11.6 Å². The highest BCUT2D eigenvalue weighted by Gasteiger charge is 2.21. The molecule has 2 N–H and O–H groups in total. The maximum Gasteiger partial charge on any atom is 0.157 e. The third-order valence-corrected chi connectivity index (χ3v) is 11.5. The second kappa shape index (κ2) is 16.0. The lowest BCUT2D eigenvalue weighted by molar-refractivity contribution is 0.392. The summed E-state index contributed by atoms with van der Waals surface area (Å²) >= 11 is 0. The van der Waals surface area contributed by atoms with E-state index in [9.17, 15) is 0 Å². The first-order valence-corrected chi connectivity index (χ1v) is 20.8. The molecule has 0 saturated carbocycles. The minimum atomic E-state index is -0.0509. The first-order chi connectivity index (χ1) is 30.3. The minimum Gasteiger partial charge on any atom is -0.365 e. The van der Waals surface area contributed by atoms with Gasteiger partial charge in [-0.3, -0.25) is 13.8 Å². The van der Waals surface area contributed by atoms with Gasteiger partial charge in [0.25, 0.3) is 0 Å². The lowest BCUT2D eigenvalue weighted by Gasteiger charge is -2.18. The minimum absolute atomic E-state index is 0.0509. The van der Waals surface area contributed by atoms with Crippen LogP contribution in [0.3, 0.4) is 0 Å². The number of hydrogen-bond acceptors (Lipinski definition) is 9. The molecule has 4 aromatic carbocycles. The second-order valence-electron chi connectivity index (χ2n) is 15.9. The Morgan fingerprint density at radius 3 is 2.03 bits per heavy atom. The van der Waals surface area contributed by atoms with Crippen LogP contribution in [0.1, 0.15) is 58.1 Å². The van der Waals surface area contributed by atoms with Crippen LogP contribution < -0.4 is 10.6 Å². The molecule has 306 valence electrons. The van der Waals surface area contributed by atoms with Gasteiger partial charge in [-0.25, -0.2) is 9.97 Å². The smallest absolute Gasteiger partial charge is 0.157 e. The van der Waals surface area contributed by atoms with E-state index >= 15 is 0 Å². The average Bonchev–Trinajstić information content (AvgIpc) is 4.05. The lowest BCUT2D eigenvalue weighted by atomic mass is 9.96. The Bertz CT molecular complexity index is 3170. The molecule has 0 amide bonds. The summed E-state index contributed by atoms with van der Waals surface area (Å²) in [5, 5.41) is 16.2. The summed E-state index contributed by atoms with van der Waals surface area (Å²) in [6.07, 6.45) is 8.24. The van der Waals surface area contributed by atoms with E-state index in [0.29, 0.717) is 13.0 Å². The standard InChI is InChI=1S/C51H45N9O2/c1-31-14-23-44-55-48(50(60(44)30-31)53-28-36-10-7-6-8-11-36)40-21-17-39(18-22-40)47-35(5)62-58-43(47)27-37-12-9-13-42(26-37)32(2)54-51-49(56-45-29-52-24-25-59(45)51)41-19-15-38(16-20-41)46-33(3)57-61-34(46)4/h6-26,29-30,32,53-54H,27-28H2,1-5H3/t32-/m0/s1. The molecule has 0 bridgehead atoms. The summed E-state index contributed by atoms with van der Waals surface area (Å²) in [6, 6.07) is 40.1. The van der Waals surface area contributed by atoms with Gasteiger partial charge in [-0.1, -0.05) is 120 Å². The summed E-state index contributed by atoms with van der Waals surface area (Å²) in [5.74, 6) is 3.43. The van der Waals surface area contributed by atoms with Gasteiger partial charge in [0.15, 0.2) is 5.65 Å². The van der Waals surface area contributed by atoms with Crippen LogP contribution in [0.2, 0.25) is 0 Å². The van der Waals surface area contributed by atoms with Crippen LogP contribution >= 0.6 is 0 Å². The number of fused-ring (bicyclic) bond motifs is 2. The number of aryl methyl sites for hydroxylation is 4. The van der Waals surface area contributed by atoms with Crippen LogP contribution in [0.5, 0.6) is 0 Å². The first-order valence-electron chi connectivity index (χ1n) is 20.8. The fourth-order valence-corrected chi connectivity index (χ4v) is 8.40. The Kier molecular flexibility index (Phi) is 9.91. The molecular formula is C51H45N9O2. The molecule has 10 rings (SSSR count). The summed E-state index contributed by atoms with van der Waals surface area (Å²) < 4.78 is 15.5. The predicted octanol–water partition coefficient (Wildman–Crippen LogP) is 11.6. The van der Waals surface area contributed by atoms with E-state index in [1.165, 1.54) is 5.56 Å². The van der Waals surface area contributed by atoms with Crippen molar-refractivity contribution in [2.24, 2.45) is 0 Å². The van der Waals surface area contributed by atoms with Gasteiger partial charge in [0.1, 0.15) is 40.2 Å². The van der Waals surface area contributed by atoms with E-state index in [-0.39, 0.29) is 6.04 Å². The molecule has 0 unspecified atom stereocenters. The van der Waals surface area contributed by atoms with Gasteiger partial charge < -0.3 is 19.7 Å². The van der Waals surface area contributed by atoms with Crippen LogP contribution in [0, 0.1) is 27.7 Å². The Morgan fingerprint density at radius 2 is 1.29 bits per heavy atom. The van der Waals surface area contributed by atoms with Crippen molar-refractivity contribution in [1.82, 2.24) is 34.1 Å². The largest absolute Gasteiger partial charge is 0.365 e. The van der Waals surface area contributed by atoms with Crippen molar-refractivity contribution in [2.75, 3.05) is 10.6 Å². The van der Waals surface area contributed by atoms with Gasteiger partial charge in [-0.2, -0.15) is 0 Å². The molecular weight excluding hydrogens is 771 g/mol. The maximum absolute atomic E-state index is 5.85. The number of benzene rings is 4. The highest BCUT2D eigenvalue weighted by molar-refractivity contribution is 5.81. The van der Waals surface area contributed by atoms with Gasteiger partial charge in [0.05, 0.1) is 17.6 Å². The second-order valence-corrected chi connectivity index (χ2v) is 15.9. The fraction of sp³-hybridized carbons (Fsp3) is 0.157. The highest BCUT2D eigenvalue weighted by atomic mass is 16.5. The van der Waals surface area contributed by atoms with Crippen molar-refractivity contribution in [1.29, 1.82) is 0 Å². The predicted molar refractivity (Wildman–Crippen MR) is 244 cm³/mol. The molecule has 1 atom stereocenters.